The highest BCUT2D eigenvalue weighted by Gasteiger charge is 2.40. The van der Waals surface area contributed by atoms with Gasteiger partial charge in [0.15, 0.2) is 5.82 Å². The smallest absolute Gasteiger partial charge is 0.339 e. The molecular weight excluding hydrogens is 365 g/mol. The highest BCUT2D eigenvalue weighted by atomic mass is 19.4. The molecule has 1 aliphatic rings. The molecule has 144 valence electrons. The Morgan fingerprint density at radius 1 is 1.33 bits per heavy atom. The first-order chi connectivity index (χ1) is 12.7. The molecule has 2 heterocycles. The molecule has 0 aliphatic carbocycles. The maximum Gasteiger partial charge on any atom is 0.406 e. The van der Waals surface area contributed by atoms with E-state index < -0.39 is 24.5 Å². The van der Waals surface area contributed by atoms with Crippen LogP contribution in [0.4, 0.5) is 18.9 Å². The first-order valence-corrected chi connectivity index (χ1v) is 8.23. The van der Waals surface area contributed by atoms with Gasteiger partial charge in [0.25, 0.3) is 0 Å². The number of carbonyl (C=O) groups is 2. The van der Waals surface area contributed by atoms with Crippen LogP contribution in [0.5, 0.6) is 0 Å². The van der Waals surface area contributed by atoms with Gasteiger partial charge >= 0.3 is 6.18 Å². The van der Waals surface area contributed by atoms with E-state index in [0.29, 0.717) is 5.69 Å². The summed E-state index contributed by atoms with van der Waals surface area (Å²) < 4.78 is 42.4. The van der Waals surface area contributed by atoms with E-state index >= 15 is 0 Å². The molecule has 27 heavy (non-hydrogen) atoms. The lowest BCUT2D eigenvalue weighted by atomic mass is 10.1. The van der Waals surface area contributed by atoms with Crippen molar-refractivity contribution in [3.63, 3.8) is 0 Å². The van der Waals surface area contributed by atoms with E-state index in [1.54, 1.807) is 12.1 Å². The van der Waals surface area contributed by atoms with E-state index in [1.807, 2.05) is 19.1 Å². The Labute approximate surface area is 152 Å². The maximum absolute atomic E-state index is 12.5. The van der Waals surface area contributed by atoms with Crippen LogP contribution in [-0.4, -0.2) is 46.1 Å². The summed E-state index contributed by atoms with van der Waals surface area (Å²) in [7, 11) is 0. The van der Waals surface area contributed by atoms with Crippen LogP contribution in [0.15, 0.2) is 28.8 Å². The number of aromatic nitrogens is 2. The standard InChI is InChI=1S/C17H17F3N4O3/c1-10-2-4-12(5-3-10)21-14(25)7-13-22-16(27-23-13)11-6-15(26)24(8-11)9-17(18,19)20/h2-5,11H,6-9H2,1H3,(H,21,25). The summed E-state index contributed by atoms with van der Waals surface area (Å²) in [6.07, 6.45) is -4.74. The number of likely N-dealkylation sites (tertiary alicyclic amines) is 1. The number of nitrogens with one attached hydrogen (secondary N) is 1. The largest absolute Gasteiger partial charge is 0.406 e. The molecule has 1 N–H and O–H groups in total. The fraction of sp³-hybridized carbons (Fsp3) is 0.412. The van der Waals surface area contributed by atoms with Gasteiger partial charge in [-0.2, -0.15) is 18.2 Å². The van der Waals surface area contributed by atoms with Crippen LogP contribution in [0.2, 0.25) is 0 Å². The minimum absolute atomic E-state index is 0.0613. The molecule has 10 heteroatoms. The van der Waals surface area contributed by atoms with Gasteiger partial charge in [0.2, 0.25) is 17.7 Å². The van der Waals surface area contributed by atoms with E-state index in [9.17, 15) is 22.8 Å². The summed E-state index contributed by atoms with van der Waals surface area (Å²) in [4.78, 5) is 28.5. The van der Waals surface area contributed by atoms with Gasteiger partial charge in [-0.15, -0.1) is 0 Å². The third-order valence-electron chi connectivity index (χ3n) is 4.07. The Bertz CT molecular complexity index is 833. The Morgan fingerprint density at radius 2 is 2.04 bits per heavy atom. The minimum Gasteiger partial charge on any atom is -0.339 e. The van der Waals surface area contributed by atoms with Crippen molar-refractivity contribution in [1.82, 2.24) is 15.0 Å². The third-order valence-corrected chi connectivity index (χ3v) is 4.07. The second-order valence-electron chi connectivity index (χ2n) is 6.43. The Morgan fingerprint density at radius 3 is 2.70 bits per heavy atom. The highest BCUT2D eigenvalue weighted by molar-refractivity contribution is 5.91. The number of nitrogens with zero attached hydrogens (tertiary/aromatic N) is 3. The molecule has 1 fully saturated rings. The average molecular weight is 382 g/mol. The van der Waals surface area contributed by atoms with Gasteiger partial charge in [0.1, 0.15) is 6.54 Å². The predicted octanol–water partition coefficient (Wildman–Crippen LogP) is 2.44. The molecule has 2 amide bonds. The number of halogens is 3. The van der Waals surface area contributed by atoms with Crippen LogP contribution in [0.1, 0.15) is 29.6 Å². The van der Waals surface area contributed by atoms with Crippen LogP contribution in [-0.2, 0) is 16.0 Å². The van der Waals surface area contributed by atoms with Crippen molar-refractivity contribution in [3.05, 3.63) is 41.5 Å². The van der Waals surface area contributed by atoms with E-state index in [2.05, 4.69) is 15.5 Å². The average Bonchev–Trinajstić information content (AvgIpc) is 3.15. The SMILES string of the molecule is Cc1ccc(NC(=O)Cc2noc(C3CC(=O)N(CC(F)(F)F)C3)n2)cc1. The number of anilines is 1. The summed E-state index contributed by atoms with van der Waals surface area (Å²) in [5.74, 6) is -1.41. The molecule has 1 atom stereocenters. The maximum atomic E-state index is 12.5. The van der Waals surface area contributed by atoms with Crippen LogP contribution >= 0.6 is 0 Å². The lowest BCUT2D eigenvalue weighted by molar-refractivity contribution is -0.157. The first-order valence-electron chi connectivity index (χ1n) is 8.23. The van der Waals surface area contributed by atoms with Crippen LogP contribution < -0.4 is 5.32 Å². The molecule has 7 nitrogen and oxygen atoms in total. The van der Waals surface area contributed by atoms with Gasteiger partial charge in [-0.25, -0.2) is 0 Å². The Hall–Kier alpha value is -2.91. The molecular formula is C17H17F3N4O3. The molecule has 1 aliphatic heterocycles. The number of rotatable bonds is 5. The number of hydrogen-bond donors (Lipinski definition) is 1. The molecule has 3 rings (SSSR count). The number of benzene rings is 1. The monoisotopic (exact) mass is 382 g/mol. The molecule has 1 aromatic heterocycles. The minimum atomic E-state index is -4.46. The molecule has 2 aromatic rings. The summed E-state index contributed by atoms with van der Waals surface area (Å²) in [6.45, 7) is 0.480. The van der Waals surface area contributed by atoms with Crippen molar-refractivity contribution in [2.75, 3.05) is 18.4 Å². The van der Waals surface area contributed by atoms with Gasteiger partial charge in [0, 0.05) is 18.7 Å². The van der Waals surface area contributed by atoms with E-state index in [4.69, 9.17) is 4.52 Å². The highest BCUT2D eigenvalue weighted by Crippen LogP contribution is 2.29. The van der Waals surface area contributed by atoms with Gasteiger partial charge in [-0.1, -0.05) is 22.9 Å². The van der Waals surface area contributed by atoms with Crippen molar-refractivity contribution in [2.45, 2.75) is 31.9 Å². The van der Waals surface area contributed by atoms with Crippen molar-refractivity contribution in [3.8, 4) is 0 Å². The summed E-state index contributed by atoms with van der Waals surface area (Å²) in [5, 5.41) is 6.37. The summed E-state index contributed by atoms with van der Waals surface area (Å²) in [5.41, 5.74) is 1.68. The number of alkyl halides is 3. The van der Waals surface area contributed by atoms with E-state index in [-0.39, 0.29) is 37.0 Å². The first kappa shape index (κ1) is 18.9. The normalized spacial score (nSPS) is 17.4. The van der Waals surface area contributed by atoms with Gasteiger partial charge in [-0.3, -0.25) is 9.59 Å². The number of aryl methyl sites for hydroxylation is 1. The zero-order valence-corrected chi connectivity index (χ0v) is 14.4. The van der Waals surface area contributed by atoms with Crippen LogP contribution in [0, 0.1) is 6.92 Å². The number of hydrogen-bond acceptors (Lipinski definition) is 5. The zero-order valence-electron chi connectivity index (χ0n) is 14.4. The third kappa shape index (κ3) is 5.05. The molecule has 1 aromatic carbocycles. The topological polar surface area (TPSA) is 88.3 Å². The van der Waals surface area contributed by atoms with E-state index in [1.165, 1.54) is 0 Å². The molecule has 1 unspecified atom stereocenters. The lowest BCUT2D eigenvalue weighted by Gasteiger charge is -2.17. The Kier molecular flexibility index (Phi) is 5.15. The van der Waals surface area contributed by atoms with Crippen molar-refractivity contribution in [1.29, 1.82) is 0 Å². The van der Waals surface area contributed by atoms with Gasteiger partial charge in [0.05, 0.1) is 12.3 Å². The molecule has 0 spiro atoms. The van der Waals surface area contributed by atoms with E-state index in [0.717, 1.165) is 10.5 Å². The summed E-state index contributed by atoms with van der Waals surface area (Å²) >= 11 is 0. The zero-order chi connectivity index (χ0) is 19.6. The molecule has 0 radical (unpaired) electrons. The van der Waals surface area contributed by atoms with Crippen molar-refractivity contribution in [2.24, 2.45) is 0 Å². The number of carbonyl (C=O) groups excluding carboxylic acids is 2. The summed E-state index contributed by atoms with van der Waals surface area (Å²) in [6, 6.07) is 7.22. The van der Waals surface area contributed by atoms with Crippen molar-refractivity contribution < 1.29 is 27.3 Å². The lowest BCUT2D eigenvalue weighted by Crippen LogP contribution is -2.35. The fourth-order valence-corrected chi connectivity index (χ4v) is 2.80. The van der Waals surface area contributed by atoms with Gasteiger partial charge in [-0.05, 0) is 19.1 Å². The molecule has 1 saturated heterocycles. The van der Waals surface area contributed by atoms with Gasteiger partial charge < -0.3 is 14.7 Å². The predicted molar refractivity (Wildman–Crippen MR) is 87.8 cm³/mol. The van der Waals surface area contributed by atoms with Crippen LogP contribution in [0.3, 0.4) is 0 Å². The molecule has 0 saturated carbocycles. The second kappa shape index (κ2) is 7.37. The second-order valence-corrected chi connectivity index (χ2v) is 6.43. The Balaban J connectivity index is 1.57. The quantitative estimate of drug-likeness (QED) is 0.858. The number of amides is 2. The fourth-order valence-electron chi connectivity index (χ4n) is 2.80. The molecule has 0 bridgehead atoms. The van der Waals surface area contributed by atoms with Crippen LogP contribution in [0.25, 0.3) is 0 Å². The van der Waals surface area contributed by atoms with Crippen molar-refractivity contribution >= 4 is 17.5 Å².